The molecule has 0 bridgehead atoms. The van der Waals surface area contributed by atoms with Crippen molar-refractivity contribution in [2.45, 2.75) is 12.8 Å². The van der Waals surface area contributed by atoms with Crippen LogP contribution in [0.5, 0.6) is 17.2 Å². The van der Waals surface area contributed by atoms with Crippen LogP contribution < -0.4 is 19.5 Å². The van der Waals surface area contributed by atoms with Gasteiger partial charge in [-0.25, -0.2) is 0 Å². The number of nitro benzene ring substituents is 1. The molecule has 27 heavy (non-hydrogen) atoms. The summed E-state index contributed by atoms with van der Waals surface area (Å²) in [6.07, 6.45) is 0. The number of rotatable bonds is 8. The number of hydrogen-bond donors (Lipinski definition) is 1. The SMILES string of the molecule is COc1cc(C(=O)NCC(C)c2ccc([N+](=O)[O-])cc2)cc(OC)c1OC. The first-order valence-electron chi connectivity index (χ1n) is 8.23. The molecule has 0 radical (unpaired) electrons. The van der Waals surface area contributed by atoms with Crippen LogP contribution >= 0.6 is 0 Å². The second-order valence-corrected chi connectivity index (χ2v) is 5.87. The van der Waals surface area contributed by atoms with E-state index in [1.165, 1.54) is 33.5 Å². The molecule has 0 aliphatic heterocycles. The van der Waals surface area contributed by atoms with Crippen LogP contribution in [0.4, 0.5) is 5.69 Å². The molecule has 2 aromatic rings. The highest BCUT2D eigenvalue weighted by Crippen LogP contribution is 2.38. The lowest BCUT2D eigenvalue weighted by atomic mass is 10.0. The summed E-state index contributed by atoms with van der Waals surface area (Å²) in [5.41, 5.74) is 1.30. The topological polar surface area (TPSA) is 99.9 Å². The maximum atomic E-state index is 12.5. The first kappa shape index (κ1) is 20.0. The highest BCUT2D eigenvalue weighted by atomic mass is 16.6. The van der Waals surface area contributed by atoms with Crippen LogP contribution in [-0.2, 0) is 0 Å². The number of amides is 1. The van der Waals surface area contributed by atoms with E-state index in [9.17, 15) is 14.9 Å². The van der Waals surface area contributed by atoms with E-state index < -0.39 is 4.92 Å². The third-order valence-electron chi connectivity index (χ3n) is 4.17. The van der Waals surface area contributed by atoms with Gasteiger partial charge in [0.05, 0.1) is 26.3 Å². The van der Waals surface area contributed by atoms with Crippen LogP contribution in [0.1, 0.15) is 28.8 Å². The Bertz CT molecular complexity index is 794. The van der Waals surface area contributed by atoms with Gasteiger partial charge in [0.25, 0.3) is 11.6 Å². The molecule has 2 rings (SSSR count). The molecule has 1 N–H and O–H groups in total. The van der Waals surface area contributed by atoms with E-state index in [2.05, 4.69) is 5.32 Å². The Kier molecular flexibility index (Phi) is 6.59. The average molecular weight is 374 g/mol. The second kappa shape index (κ2) is 8.88. The predicted molar refractivity (Wildman–Crippen MR) is 99.9 cm³/mol. The van der Waals surface area contributed by atoms with E-state index in [1.807, 2.05) is 6.92 Å². The van der Waals surface area contributed by atoms with Gasteiger partial charge in [0.15, 0.2) is 11.5 Å². The molecule has 0 fully saturated rings. The van der Waals surface area contributed by atoms with Crippen LogP contribution in [0.3, 0.4) is 0 Å². The molecule has 1 unspecified atom stereocenters. The standard InChI is InChI=1S/C19H22N2O6/c1-12(13-5-7-15(8-6-13)21(23)24)11-20-19(22)14-9-16(25-2)18(27-4)17(10-14)26-3/h5-10,12H,11H2,1-4H3,(H,20,22). The Hall–Kier alpha value is -3.29. The van der Waals surface area contributed by atoms with E-state index in [0.29, 0.717) is 29.4 Å². The van der Waals surface area contributed by atoms with Gasteiger partial charge in [0, 0.05) is 24.2 Å². The number of methoxy groups -OCH3 is 3. The van der Waals surface area contributed by atoms with Crippen molar-refractivity contribution >= 4 is 11.6 Å². The normalized spacial score (nSPS) is 11.4. The predicted octanol–water partition coefficient (Wildman–Crippen LogP) is 3.15. The minimum atomic E-state index is -0.444. The molecule has 1 amide bonds. The summed E-state index contributed by atoms with van der Waals surface area (Å²) in [6.45, 7) is 2.30. The Morgan fingerprint density at radius 3 is 2.07 bits per heavy atom. The monoisotopic (exact) mass is 374 g/mol. The molecule has 0 aromatic heterocycles. The van der Waals surface area contributed by atoms with Crippen LogP contribution in [0, 0.1) is 10.1 Å². The van der Waals surface area contributed by atoms with Crippen molar-refractivity contribution in [1.29, 1.82) is 0 Å². The number of nitrogens with zero attached hydrogens (tertiary/aromatic N) is 1. The summed E-state index contributed by atoms with van der Waals surface area (Å²) in [5.74, 6) is 0.895. The lowest BCUT2D eigenvalue weighted by Crippen LogP contribution is -2.27. The fourth-order valence-electron chi connectivity index (χ4n) is 2.60. The van der Waals surface area contributed by atoms with Gasteiger partial charge in [-0.05, 0) is 23.6 Å². The Morgan fingerprint density at radius 1 is 1.07 bits per heavy atom. The minimum absolute atomic E-state index is 0.0169. The maximum Gasteiger partial charge on any atom is 0.269 e. The number of carbonyl (C=O) groups excluding carboxylic acids is 1. The summed E-state index contributed by atoms with van der Waals surface area (Å²) in [7, 11) is 4.46. The Labute approximate surface area is 157 Å². The van der Waals surface area contributed by atoms with Crippen LogP contribution in [0.15, 0.2) is 36.4 Å². The summed E-state index contributed by atoms with van der Waals surface area (Å²) in [6, 6.07) is 9.43. The molecule has 0 aliphatic carbocycles. The third-order valence-corrected chi connectivity index (χ3v) is 4.17. The number of hydrogen-bond acceptors (Lipinski definition) is 6. The fourth-order valence-corrected chi connectivity index (χ4v) is 2.60. The number of ether oxygens (including phenoxy) is 3. The van der Waals surface area contributed by atoms with Gasteiger partial charge >= 0.3 is 0 Å². The zero-order chi connectivity index (χ0) is 20.0. The van der Waals surface area contributed by atoms with Crippen molar-refractivity contribution in [2.75, 3.05) is 27.9 Å². The van der Waals surface area contributed by atoms with Crippen molar-refractivity contribution < 1.29 is 23.9 Å². The zero-order valence-electron chi connectivity index (χ0n) is 15.6. The quantitative estimate of drug-likeness (QED) is 0.563. The van der Waals surface area contributed by atoms with E-state index in [4.69, 9.17) is 14.2 Å². The summed E-state index contributed by atoms with van der Waals surface area (Å²) in [5, 5.41) is 13.6. The van der Waals surface area contributed by atoms with E-state index in [-0.39, 0.29) is 17.5 Å². The first-order valence-corrected chi connectivity index (χ1v) is 8.23. The number of benzene rings is 2. The molecule has 0 heterocycles. The van der Waals surface area contributed by atoms with Crippen LogP contribution in [-0.4, -0.2) is 38.7 Å². The van der Waals surface area contributed by atoms with E-state index in [0.717, 1.165) is 5.56 Å². The minimum Gasteiger partial charge on any atom is -0.493 e. The van der Waals surface area contributed by atoms with Crippen molar-refractivity contribution in [2.24, 2.45) is 0 Å². The fraction of sp³-hybridized carbons (Fsp3) is 0.316. The van der Waals surface area contributed by atoms with Crippen molar-refractivity contribution in [3.63, 3.8) is 0 Å². The van der Waals surface area contributed by atoms with Crippen molar-refractivity contribution in [3.8, 4) is 17.2 Å². The molecule has 2 aromatic carbocycles. The molecule has 0 saturated heterocycles. The Balaban J connectivity index is 2.09. The first-order chi connectivity index (χ1) is 12.9. The lowest BCUT2D eigenvalue weighted by Gasteiger charge is -2.16. The summed E-state index contributed by atoms with van der Waals surface area (Å²) in [4.78, 5) is 22.8. The largest absolute Gasteiger partial charge is 0.493 e. The average Bonchev–Trinajstić information content (AvgIpc) is 2.70. The molecular weight excluding hydrogens is 352 g/mol. The van der Waals surface area contributed by atoms with Crippen molar-refractivity contribution in [3.05, 3.63) is 57.6 Å². The highest BCUT2D eigenvalue weighted by Gasteiger charge is 2.17. The molecule has 8 nitrogen and oxygen atoms in total. The molecule has 0 aliphatic rings. The van der Waals surface area contributed by atoms with Gasteiger partial charge in [0.2, 0.25) is 5.75 Å². The van der Waals surface area contributed by atoms with E-state index >= 15 is 0 Å². The lowest BCUT2D eigenvalue weighted by molar-refractivity contribution is -0.384. The smallest absolute Gasteiger partial charge is 0.269 e. The van der Waals surface area contributed by atoms with Crippen LogP contribution in [0.2, 0.25) is 0 Å². The van der Waals surface area contributed by atoms with Gasteiger partial charge in [0.1, 0.15) is 0 Å². The molecular formula is C19H22N2O6. The molecule has 144 valence electrons. The number of non-ortho nitro benzene ring substituents is 1. The molecule has 8 heteroatoms. The number of nitrogens with one attached hydrogen (secondary N) is 1. The third kappa shape index (κ3) is 4.66. The Morgan fingerprint density at radius 2 is 1.63 bits per heavy atom. The highest BCUT2D eigenvalue weighted by molar-refractivity contribution is 5.95. The number of carbonyl (C=O) groups is 1. The number of nitro groups is 1. The van der Waals surface area contributed by atoms with E-state index in [1.54, 1.807) is 24.3 Å². The molecule has 0 saturated carbocycles. The zero-order valence-corrected chi connectivity index (χ0v) is 15.6. The summed E-state index contributed by atoms with van der Waals surface area (Å²) >= 11 is 0. The maximum absolute atomic E-state index is 12.5. The second-order valence-electron chi connectivity index (χ2n) is 5.87. The van der Waals surface area contributed by atoms with Crippen LogP contribution in [0.25, 0.3) is 0 Å². The molecule has 0 spiro atoms. The van der Waals surface area contributed by atoms with Gasteiger partial charge in [-0.15, -0.1) is 0 Å². The van der Waals surface area contributed by atoms with Gasteiger partial charge in [-0.3, -0.25) is 14.9 Å². The molecule has 1 atom stereocenters. The van der Waals surface area contributed by atoms with Crippen molar-refractivity contribution in [1.82, 2.24) is 5.32 Å². The van der Waals surface area contributed by atoms with Gasteiger partial charge in [-0.2, -0.15) is 0 Å². The van der Waals surface area contributed by atoms with Gasteiger partial charge in [-0.1, -0.05) is 19.1 Å². The van der Waals surface area contributed by atoms with Gasteiger partial charge < -0.3 is 19.5 Å². The summed E-state index contributed by atoms with van der Waals surface area (Å²) < 4.78 is 15.8.